The summed E-state index contributed by atoms with van der Waals surface area (Å²) in [5.74, 6) is 4.15. The van der Waals surface area contributed by atoms with Crippen LogP contribution in [0, 0.1) is 11.5 Å². The van der Waals surface area contributed by atoms with Crippen LogP contribution in [0.3, 0.4) is 0 Å². The zero-order valence-corrected chi connectivity index (χ0v) is 11.1. The third-order valence-corrected chi connectivity index (χ3v) is 2.66. The van der Waals surface area contributed by atoms with E-state index in [0.717, 1.165) is 11.4 Å². The zero-order valence-electron chi connectivity index (χ0n) is 10.1. The summed E-state index contributed by atoms with van der Waals surface area (Å²) in [4.78, 5) is 6.30. The summed E-state index contributed by atoms with van der Waals surface area (Å²) in [6.07, 6.45) is 1.84. The van der Waals surface area contributed by atoms with Gasteiger partial charge in [0.1, 0.15) is 13.9 Å². The molecule has 0 unspecified atom stereocenters. The van der Waals surface area contributed by atoms with Gasteiger partial charge in [-0.1, -0.05) is 25.6 Å². The van der Waals surface area contributed by atoms with Crippen LogP contribution >= 0.6 is 0 Å². The molecule has 0 spiro atoms. The van der Waals surface area contributed by atoms with Gasteiger partial charge in [-0.15, -0.1) is 5.54 Å². The Balaban J connectivity index is 2.85. The van der Waals surface area contributed by atoms with Crippen molar-refractivity contribution in [3.8, 4) is 11.5 Å². The van der Waals surface area contributed by atoms with E-state index in [-0.39, 0.29) is 0 Å². The van der Waals surface area contributed by atoms with Crippen LogP contribution in [0.1, 0.15) is 5.56 Å². The van der Waals surface area contributed by atoms with Crippen molar-refractivity contribution in [2.75, 3.05) is 19.0 Å². The molecule has 80 valence electrons. The van der Waals surface area contributed by atoms with Gasteiger partial charge in [0.05, 0.1) is 0 Å². The Hall–Kier alpha value is -1.27. The summed E-state index contributed by atoms with van der Waals surface area (Å²) < 4.78 is 0. The van der Waals surface area contributed by atoms with Gasteiger partial charge < -0.3 is 4.90 Å². The minimum absolute atomic E-state index is 0.966. The molecule has 2 nitrogen and oxygen atoms in total. The predicted molar refractivity (Wildman–Crippen MR) is 68.8 cm³/mol. The first-order valence-electron chi connectivity index (χ1n) is 5.05. The van der Waals surface area contributed by atoms with Gasteiger partial charge in [0.15, 0.2) is 0 Å². The Bertz CT molecular complexity index is 377. The molecule has 0 aliphatic rings. The second kappa shape index (κ2) is 4.50. The number of pyridine rings is 1. The number of hydrogen-bond donors (Lipinski definition) is 0. The van der Waals surface area contributed by atoms with Crippen molar-refractivity contribution in [1.82, 2.24) is 4.98 Å². The maximum Gasteiger partial charge on any atom is 0.129 e. The molecule has 0 radical (unpaired) electrons. The average Bonchev–Trinajstić information content (AvgIpc) is 2.14. The predicted octanol–water partition coefficient (Wildman–Crippen LogP) is 2.38. The molecule has 0 aliphatic heterocycles. The van der Waals surface area contributed by atoms with Crippen LogP contribution in [0.25, 0.3) is 0 Å². The molecule has 0 aromatic carbocycles. The van der Waals surface area contributed by atoms with E-state index in [1.54, 1.807) is 0 Å². The second-order valence-electron chi connectivity index (χ2n) is 4.80. The fourth-order valence-corrected chi connectivity index (χ4v) is 1.50. The lowest BCUT2D eigenvalue weighted by atomic mass is 10.3. The third-order valence-electron chi connectivity index (χ3n) is 1.79. The van der Waals surface area contributed by atoms with Crippen molar-refractivity contribution in [3.05, 3.63) is 23.9 Å². The first kappa shape index (κ1) is 11.8. The lowest BCUT2D eigenvalue weighted by Crippen LogP contribution is -2.16. The Kier molecular flexibility index (Phi) is 3.54. The molecule has 0 bridgehead atoms. The van der Waals surface area contributed by atoms with E-state index in [4.69, 9.17) is 0 Å². The number of rotatable bonds is 1. The van der Waals surface area contributed by atoms with Crippen LogP contribution in [-0.2, 0) is 0 Å². The molecule has 0 atom stereocenters. The lowest BCUT2D eigenvalue weighted by molar-refractivity contribution is 1.07. The van der Waals surface area contributed by atoms with Gasteiger partial charge in [0, 0.05) is 25.9 Å². The Labute approximate surface area is 93.3 Å². The molecule has 0 amide bonds. The molecule has 1 aromatic heterocycles. The third kappa shape index (κ3) is 4.18. The Morgan fingerprint density at radius 1 is 1.20 bits per heavy atom. The SMILES string of the molecule is CN(C)c1ccc(C#C[Si](C)(C)C)cn1. The smallest absolute Gasteiger partial charge is 0.129 e. The summed E-state index contributed by atoms with van der Waals surface area (Å²) >= 11 is 0. The fourth-order valence-electron chi connectivity index (χ4n) is 0.984. The lowest BCUT2D eigenvalue weighted by Gasteiger charge is -2.10. The van der Waals surface area contributed by atoms with Gasteiger partial charge >= 0.3 is 0 Å². The van der Waals surface area contributed by atoms with E-state index in [9.17, 15) is 0 Å². The van der Waals surface area contributed by atoms with E-state index in [1.807, 2.05) is 37.3 Å². The van der Waals surface area contributed by atoms with Crippen LogP contribution in [0.15, 0.2) is 18.3 Å². The molecule has 1 aromatic rings. The van der Waals surface area contributed by atoms with E-state index in [0.29, 0.717) is 0 Å². The van der Waals surface area contributed by atoms with Crippen LogP contribution in [0.4, 0.5) is 5.82 Å². The number of aromatic nitrogens is 1. The molecule has 0 aliphatic carbocycles. The fraction of sp³-hybridized carbons (Fsp3) is 0.417. The molecule has 0 saturated heterocycles. The van der Waals surface area contributed by atoms with Crippen molar-refractivity contribution in [3.63, 3.8) is 0 Å². The Morgan fingerprint density at radius 2 is 1.87 bits per heavy atom. The highest BCUT2D eigenvalue weighted by molar-refractivity contribution is 6.83. The monoisotopic (exact) mass is 218 g/mol. The second-order valence-corrected chi connectivity index (χ2v) is 9.55. The Morgan fingerprint density at radius 3 is 2.27 bits per heavy atom. The van der Waals surface area contributed by atoms with E-state index in [2.05, 4.69) is 36.1 Å². The maximum atomic E-state index is 4.32. The van der Waals surface area contributed by atoms with E-state index >= 15 is 0 Å². The number of hydrogen-bond acceptors (Lipinski definition) is 2. The largest absolute Gasteiger partial charge is 0.363 e. The highest BCUT2D eigenvalue weighted by atomic mass is 28.3. The summed E-state index contributed by atoms with van der Waals surface area (Å²) in [5, 5.41) is 0. The van der Waals surface area contributed by atoms with Crippen LogP contribution < -0.4 is 4.90 Å². The highest BCUT2D eigenvalue weighted by Gasteiger charge is 2.07. The minimum atomic E-state index is -1.27. The van der Waals surface area contributed by atoms with Gasteiger partial charge in [-0.25, -0.2) is 4.98 Å². The summed E-state index contributed by atoms with van der Waals surface area (Å²) in [6, 6.07) is 4.02. The molecule has 0 N–H and O–H groups in total. The van der Waals surface area contributed by atoms with Gasteiger partial charge in [0.25, 0.3) is 0 Å². The zero-order chi connectivity index (χ0) is 11.5. The topological polar surface area (TPSA) is 16.1 Å². The summed E-state index contributed by atoms with van der Waals surface area (Å²) in [7, 11) is 2.69. The molecule has 3 heteroatoms. The van der Waals surface area contributed by atoms with E-state index in [1.165, 1.54) is 0 Å². The molecule has 1 rings (SSSR count). The highest BCUT2D eigenvalue weighted by Crippen LogP contribution is 2.07. The van der Waals surface area contributed by atoms with Crippen molar-refractivity contribution in [2.45, 2.75) is 19.6 Å². The molecule has 0 fully saturated rings. The molecular formula is C12H18N2Si. The average molecular weight is 218 g/mol. The number of nitrogens with zero attached hydrogens (tertiary/aromatic N) is 2. The molecule has 1 heterocycles. The molecule has 15 heavy (non-hydrogen) atoms. The van der Waals surface area contributed by atoms with Crippen molar-refractivity contribution >= 4 is 13.9 Å². The standard InChI is InChI=1S/C12H18N2Si/c1-14(2)12-7-6-11(10-13-12)8-9-15(3,4)5/h6-7,10H,1-5H3. The number of anilines is 1. The minimum Gasteiger partial charge on any atom is -0.363 e. The van der Waals surface area contributed by atoms with Gasteiger partial charge in [-0.2, -0.15) is 0 Å². The van der Waals surface area contributed by atoms with Crippen molar-refractivity contribution in [1.29, 1.82) is 0 Å². The van der Waals surface area contributed by atoms with Crippen LogP contribution in [-0.4, -0.2) is 27.2 Å². The van der Waals surface area contributed by atoms with E-state index < -0.39 is 8.07 Å². The van der Waals surface area contributed by atoms with Crippen molar-refractivity contribution < 1.29 is 0 Å². The molecular weight excluding hydrogens is 200 g/mol. The summed E-state index contributed by atoms with van der Waals surface area (Å²) in [6.45, 7) is 6.71. The van der Waals surface area contributed by atoms with Crippen molar-refractivity contribution in [2.24, 2.45) is 0 Å². The normalized spacial score (nSPS) is 10.5. The van der Waals surface area contributed by atoms with Gasteiger partial charge in [0.2, 0.25) is 0 Å². The van der Waals surface area contributed by atoms with Gasteiger partial charge in [-0.05, 0) is 12.1 Å². The van der Waals surface area contributed by atoms with Gasteiger partial charge in [-0.3, -0.25) is 0 Å². The summed E-state index contributed by atoms with van der Waals surface area (Å²) in [5.41, 5.74) is 4.32. The first-order valence-corrected chi connectivity index (χ1v) is 8.55. The molecule has 0 saturated carbocycles. The quantitative estimate of drug-likeness (QED) is 0.531. The van der Waals surface area contributed by atoms with Crippen LogP contribution in [0.2, 0.25) is 19.6 Å². The van der Waals surface area contributed by atoms with Crippen LogP contribution in [0.5, 0.6) is 0 Å². The maximum absolute atomic E-state index is 4.32. The first-order chi connectivity index (χ1) is 6.88.